The number of piperidine rings is 2. The van der Waals surface area contributed by atoms with E-state index in [-0.39, 0.29) is 23.4 Å². The molecular weight excluding hydrogens is 534 g/mol. The molecule has 4 fully saturated rings. The molecule has 0 aromatic carbocycles. The van der Waals surface area contributed by atoms with E-state index in [1.807, 2.05) is 17.5 Å². The van der Waals surface area contributed by atoms with Gasteiger partial charge in [0, 0.05) is 30.5 Å². The lowest BCUT2D eigenvalue weighted by Crippen LogP contribution is -2.57. The number of aromatic nitrogens is 3. The van der Waals surface area contributed by atoms with Gasteiger partial charge in [-0.05, 0) is 37.8 Å². The average molecular weight is 560 g/mol. The minimum Gasteiger partial charge on any atom is -0.386 e. The van der Waals surface area contributed by atoms with Crippen LogP contribution in [-0.4, -0.2) is 61.4 Å². The summed E-state index contributed by atoms with van der Waals surface area (Å²) in [5, 5.41) is 16.3. The van der Waals surface area contributed by atoms with Crippen molar-refractivity contribution in [1.82, 2.24) is 19.9 Å². The highest BCUT2D eigenvalue weighted by atomic mass is 35.5. The number of nitrogens with zero attached hydrogens (tertiary/aromatic N) is 4. The number of amides is 1. The number of pyridine rings is 1. The Bertz CT molecular complexity index is 1360. The highest BCUT2D eigenvalue weighted by Gasteiger charge is 2.73. The number of nitrogens with one attached hydrogen (secondary N) is 1. The fourth-order valence-corrected chi connectivity index (χ4v) is 8.38. The molecule has 4 aliphatic rings. The topological polar surface area (TPSA) is 110 Å². The molecule has 3 saturated heterocycles. The summed E-state index contributed by atoms with van der Waals surface area (Å²) in [6.45, 7) is 2.96. The van der Waals surface area contributed by atoms with Gasteiger partial charge in [0.1, 0.15) is 16.9 Å². The molecule has 7 rings (SSSR count). The molecule has 2 spiro atoms. The number of ether oxygens (including phenoxy) is 2. The summed E-state index contributed by atoms with van der Waals surface area (Å²) in [4.78, 5) is 30.1. The standard InChI is InChI=1S/C25H26ClN5O4S2/c1-13(32)21-28-17(9-26)20(37-21)18-11-36-23(29-18)30-19-3-2-14(10-27-19)22(33)31-16-6-15-7-24(15,31)12-25(8-16)34-4-5-35-25/h2-3,10-11,13,15-16,32H,4-9,12H2,1H3,(H,27,29,30)/t13?,15?,16-,24?/m1/s1. The van der Waals surface area contributed by atoms with Crippen molar-refractivity contribution in [3.8, 4) is 10.6 Å². The van der Waals surface area contributed by atoms with Crippen molar-refractivity contribution in [2.45, 2.75) is 62.0 Å². The van der Waals surface area contributed by atoms with Gasteiger partial charge >= 0.3 is 0 Å². The molecule has 2 bridgehead atoms. The van der Waals surface area contributed by atoms with Crippen LogP contribution in [0.5, 0.6) is 0 Å². The molecule has 194 valence electrons. The molecule has 3 aliphatic heterocycles. The Morgan fingerprint density at radius 2 is 2.16 bits per heavy atom. The Balaban J connectivity index is 1.06. The second kappa shape index (κ2) is 8.69. The van der Waals surface area contributed by atoms with Gasteiger partial charge < -0.3 is 24.8 Å². The van der Waals surface area contributed by atoms with E-state index in [1.165, 1.54) is 22.7 Å². The molecule has 37 heavy (non-hydrogen) atoms. The average Bonchev–Trinajstić information content (AvgIpc) is 3.38. The Morgan fingerprint density at radius 3 is 2.86 bits per heavy atom. The van der Waals surface area contributed by atoms with Crippen LogP contribution in [0.1, 0.15) is 59.8 Å². The van der Waals surface area contributed by atoms with E-state index < -0.39 is 11.9 Å². The number of halogens is 1. The number of carbonyl (C=O) groups excluding carboxylic acids is 1. The number of fused-ring (bicyclic) bond motifs is 1. The van der Waals surface area contributed by atoms with Crippen LogP contribution in [0.15, 0.2) is 23.7 Å². The highest BCUT2D eigenvalue weighted by molar-refractivity contribution is 7.17. The molecule has 1 amide bonds. The van der Waals surface area contributed by atoms with E-state index in [4.69, 9.17) is 21.1 Å². The summed E-state index contributed by atoms with van der Waals surface area (Å²) < 4.78 is 12.0. The summed E-state index contributed by atoms with van der Waals surface area (Å²) in [5.74, 6) is 0.959. The van der Waals surface area contributed by atoms with Crippen LogP contribution < -0.4 is 5.32 Å². The van der Waals surface area contributed by atoms with Gasteiger partial charge in [-0.1, -0.05) is 0 Å². The molecule has 1 saturated carbocycles. The van der Waals surface area contributed by atoms with E-state index in [9.17, 15) is 9.90 Å². The first-order valence-corrected chi connectivity index (χ1v) is 14.7. The van der Waals surface area contributed by atoms with Gasteiger partial charge in [0.25, 0.3) is 5.91 Å². The third kappa shape index (κ3) is 3.90. The van der Waals surface area contributed by atoms with Crippen LogP contribution in [0.3, 0.4) is 0 Å². The summed E-state index contributed by atoms with van der Waals surface area (Å²) >= 11 is 8.91. The van der Waals surface area contributed by atoms with Gasteiger partial charge in [-0.2, -0.15) is 0 Å². The lowest BCUT2D eigenvalue weighted by Gasteiger charge is -2.46. The van der Waals surface area contributed by atoms with Crippen molar-refractivity contribution in [2.75, 3.05) is 18.5 Å². The minimum absolute atomic E-state index is 0.0427. The first kappa shape index (κ1) is 23.9. The van der Waals surface area contributed by atoms with Gasteiger partial charge in [0.15, 0.2) is 10.9 Å². The number of hydrogen-bond acceptors (Lipinski definition) is 10. The number of carbonyl (C=O) groups is 1. The lowest BCUT2D eigenvalue weighted by atomic mass is 9.91. The SMILES string of the molecule is CC(O)c1nc(CCl)c(-c2csc(Nc3ccc(C(=O)N4[C@@H]5CC6CC64CC4(C5)OCCO4)cn3)n2)s1. The third-order valence-electron chi connectivity index (χ3n) is 7.94. The van der Waals surface area contributed by atoms with Crippen LogP contribution in [-0.2, 0) is 15.4 Å². The smallest absolute Gasteiger partial charge is 0.256 e. The normalized spacial score (nSPS) is 27.9. The van der Waals surface area contributed by atoms with Gasteiger partial charge in [-0.3, -0.25) is 4.79 Å². The predicted octanol–water partition coefficient (Wildman–Crippen LogP) is 4.71. The lowest BCUT2D eigenvalue weighted by molar-refractivity contribution is -0.201. The van der Waals surface area contributed by atoms with Crippen LogP contribution in [0.25, 0.3) is 10.6 Å². The predicted molar refractivity (Wildman–Crippen MR) is 140 cm³/mol. The summed E-state index contributed by atoms with van der Waals surface area (Å²) in [6.07, 6.45) is 4.58. The van der Waals surface area contributed by atoms with Gasteiger partial charge in [0.2, 0.25) is 0 Å². The Hall–Kier alpha value is -2.15. The molecule has 3 aromatic rings. The van der Waals surface area contributed by atoms with Crippen LogP contribution in [0.2, 0.25) is 0 Å². The first-order valence-electron chi connectivity index (χ1n) is 12.4. The molecule has 12 heteroatoms. The largest absolute Gasteiger partial charge is 0.386 e. The monoisotopic (exact) mass is 559 g/mol. The van der Waals surface area contributed by atoms with Crippen molar-refractivity contribution in [2.24, 2.45) is 5.92 Å². The number of aliphatic hydroxyl groups is 1. The molecule has 6 heterocycles. The van der Waals surface area contributed by atoms with E-state index >= 15 is 0 Å². The fourth-order valence-electron chi connectivity index (χ4n) is 6.34. The van der Waals surface area contributed by atoms with Gasteiger partial charge in [0.05, 0.1) is 46.5 Å². The maximum Gasteiger partial charge on any atom is 0.256 e. The highest BCUT2D eigenvalue weighted by Crippen LogP contribution is 2.67. The molecule has 4 atom stereocenters. The molecule has 2 N–H and O–H groups in total. The number of anilines is 2. The Labute approximate surface area is 226 Å². The molecule has 1 aliphatic carbocycles. The summed E-state index contributed by atoms with van der Waals surface area (Å²) in [7, 11) is 0. The van der Waals surface area contributed by atoms with Crippen molar-refractivity contribution < 1.29 is 19.4 Å². The van der Waals surface area contributed by atoms with Crippen LogP contribution in [0, 0.1) is 5.92 Å². The minimum atomic E-state index is -0.654. The third-order valence-corrected chi connectivity index (χ3v) is 10.2. The van der Waals surface area contributed by atoms with Gasteiger partial charge in [-0.15, -0.1) is 34.3 Å². The zero-order chi connectivity index (χ0) is 25.4. The van der Waals surface area contributed by atoms with E-state index in [1.54, 1.807) is 13.1 Å². The summed E-state index contributed by atoms with van der Waals surface area (Å²) in [5.41, 5.74) is 1.94. The van der Waals surface area contributed by atoms with Crippen molar-refractivity contribution in [3.63, 3.8) is 0 Å². The fraction of sp³-hybridized carbons (Fsp3) is 0.520. The van der Waals surface area contributed by atoms with E-state index in [0.29, 0.717) is 46.3 Å². The quantitative estimate of drug-likeness (QED) is 0.418. The number of aliphatic hydroxyl groups excluding tert-OH is 1. The summed E-state index contributed by atoms with van der Waals surface area (Å²) in [6, 6.07) is 3.80. The molecular formula is C25H26ClN5O4S2. The number of thiazole rings is 2. The maximum atomic E-state index is 13.6. The maximum absolute atomic E-state index is 13.6. The van der Waals surface area contributed by atoms with Gasteiger partial charge in [-0.25, -0.2) is 15.0 Å². The second-order valence-corrected chi connectivity index (χ2v) is 12.4. The molecule has 9 nitrogen and oxygen atoms in total. The van der Waals surface area contributed by atoms with Crippen molar-refractivity contribution >= 4 is 51.1 Å². The second-order valence-electron chi connectivity index (χ2n) is 10.3. The van der Waals surface area contributed by atoms with E-state index in [2.05, 4.69) is 25.2 Å². The van der Waals surface area contributed by atoms with Crippen LogP contribution in [0.4, 0.5) is 10.9 Å². The van der Waals surface area contributed by atoms with Crippen LogP contribution >= 0.6 is 34.3 Å². The van der Waals surface area contributed by atoms with Crippen molar-refractivity contribution in [3.05, 3.63) is 40.0 Å². The molecule has 3 aromatic heterocycles. The Kier molecular flexibility index (Phi) is 5.62. The number of rotatable bonds is 6. The zero-order valence-corrected chi connectivity index (χ0v) is 22.5. The zero-order valence-electron chi connectivity index (χ0n) is 20.1. The molecule has 0 radical (unpaired) electrons. The van der Waals surface area contributed by atoms with Crippen molar-refractivity contribution in [1.29, 1.82) is 0 Å². The number of alkyl halides is 1. The van der Waals surface area contributed by atoms with E-state index in [0.717, 1.165) is 36.3 Å². The first-order chi connectivity index (χ1) is 17.9. The number of hydrogen-bond donors (Lipinski definition) is 2. The molecule has 3 unspecified atom stereocenters. The Morgan fingerprint density at radius 1 is 1.32 bits per heavy atom.